The van der Waals surface area contributed by atoms with Crippen molar-refractivity contribution in [2.75, 3.05) is 31.1 Å². The van der Waals surface area contributed by atoms with Gasteiger partial charge in [-0.1, -0.05) is 0 Å². The Bertz CT molecular complexity index is 796. The maximum Gasteiger partial charge on any atom is 0.251 e. The molecule has 5 rings (SSSR count). The van der Waals surface area contributed by atoms with E-state index < -0.39 is 0 Å². The monoisotopic (exact) mass is 340 g/mol. The molecule has 6 nitrogen and oxygen atoms in total. The van der Waals surface area contributed by atoms with Crippen LogP contribution >= 0.6 is 0 Å². The number of fused-ring (bicyclic) bond motifs is 3. The molecule has 3 atom stereocenters. The van der Waals surface area contributed by atoms with Gasteiger partial charge in [0.2, 0.25) is 0 Å². The number of rotatable bonds is 3. The Hall–Kier alpha value is -2.05. The van der Waals surface area contributed by atoms with E-state index in [0.29, 0.717) is 17.6 Å². The van der Waals surface area contributed by atoms with E-state index in [9.17, 15) is 4.79 Å². The Morgan fingerprint density at radius 2 is 2.12 bits per heavy atom. The minimum Gasteiger partial charge on any atom is -0.462 e. The number of anilines is 1. The van der Waals surface area contributed by atoms with Gasteiger partial charge in [0.25, 0.3) is 5.91 Å². The number of benzene rings is 1. The topological polar surface area (TPSA) is 69.5 Å². The second-order valence-corrected chi connectivity index (χ2v) is 7.43. The zero-order valence-electron chi connectivity index (χ0n) is 14.3. The van der Waals surface area contributed by atoms with Gasteiger partial charge in [-0.2, -0.15) is 0 Å². The molecule has 1 aromatic carbocycles. The van der Waals surface area contributed by atoms with Gasteiger partial charge in [-0.05, 0) is 37.5 Å². The fourth-order valence-electron chi connectivity index (χ4n) is 4.54. The van der Waals surface area contributed by atoms with Crippen molar-refractivity contribution in [3.8, 4) is 0 Å². The van der Waals surface area contributed by atoms with Crippen LogP contribution in [-0.4, -0.2) is 50.2 Å². The van der Waals surface area contributed by atoms with E-state index >= 15 is 0 Å². The molecule has 0 spiro atoms. The van der Waals surface area contributed by atoms with E-state index in [0.717, 1.165) is 49.3 Å². The van der Waals surface area contributed by atoms with Crippen LogP contribution < -0.4 is 20.9 Å². The molecule has 3 N–H and O–H groups in total. The Morgan fingerprint density at radius 3 is 2.88 bits per heavy atom. The van der Waals surface area contributed by atoms with Gasteiger partial charge < -0.3 is 25.3 Å². The van der Waals surface area contributed by atoms with Gasteiger partial charge in [0.1, 0.15) is 11.8 Å². The Morgan fingerprint density at radius 1 is 1.24 bits per heavy atom. The maximum absolute atomic E-state index is 12.7. The fourth-order valence-corrected chi connectivity index (χ4v) is 4.54. The highest BCUT2D eigenvalue weighted by Gasteiger charge is 2.39. The average Bonchev–Trinajstić information content (AvgIpc) is 3.37. The van der Waals surface area contributed by atoms with Crippen LogP contribution in [0.1, 0.15) is 29.6 Å². The maximum atomic E-state index is 12.7. The smallest absolute Gasteiger partial charge is 0.251 e. The lowest BCUT2D eigenvalue weighted by molar-refractivity contribution is 0.0931. The number of piperazine rings is 1. The summed E-state index contributed by atoms with van der Waals surface area (Å²) >= 11 is 0. The fraction of sp³-hybridized carbons (Fsp3) is 0.526. The van der Waals surface area contributed by atoms with Crippen LogP contribution in [0, 0.1) is 0 Å². The molecule has 132 valence electrons. The van der Waals surface area contributed by atoms with Crippen LogP contribution in [0.3, 0.4) is 0 Å². The van der Waals surface area contributed by atoms with Crippen LogP contribution in [0.15, 0.2) is 28.9 Å². The summed E-state index contributed by atoms with van der Waals surface area (Å²) in [7, 11) is 0. The lowest BCUT2D eigenvalue weighted by Crippen LogP contribution is -2.43. The standard InChI is InChI=1S/C19H24N4O2/c24-19(22-16-10-13-2-3-15(16)21-13)12-1-4-18-14(9-12)17(11-25-18)23-7-5-20-6-8-23/h1,4,9,11,13,15-16,20-21H,2-3,5-8,10H2,(H,22,24)/t13-,15+,16-/m1/s1. The minimum absolute atomic E-state index is 0.0220. The van der Waals surface area contributed by atoms with E-state index in [1.807, 2.05) is 24.5 Å². The molecular formula is C19H24N4O2. The molecule has 2 aromatic rings. The molecule has 3 saturated heterocycles. The summed E-state index contributed by atoms with van der Waals surface area (Å²) in [6, 6.07) is 7.05. The van der Waals surface area contributed by atoms with Gasteiger partial charge in [-0.3, -0.25) is 4.79 Å². The van der Waals surface area contributed by atoms with E-state index in [1.54, 1.807) is 0 Å². The highest BCUT2D eigenvalue weighted by atomic mass is 16.3. The van der Waals surface area contributed by atoms with E-state index in [-0.39, 0.29) is 11.9 Å². The molecular weight excluding hydrogens is 316 g/mol. The van der Waals surface area contributed by atoms with Gasteiger partial charge in [-0.25, -0.2) is 0 Å². The number of carbonyl (C=O) groups is 1. The van der Waals surface area contributed by atoms with Crippen molar-refractivity contribution in [3.63, 3.8) is 0 Å². The van der Waals surface area contributed by atoms with Crippen LogP contribution in [0.2, 0.25) is 0 Å². The Balaban J connectivity index is 1.38. The van der Waals surface area contributed by atoms with Crippen molar-refractivity contribution in [1.82, 2.24) is 16.0 Å². The van der Waals surface area contributed by atoms with Crippen molar-refractivity contribution in [2.45, 2.75) is 37.4 Å². The van der Waals surface area contributed by atoms with Crippen LogP contribution in [0.5, 0.6) is 0 Å². The van der Waals surface area contributed by atoms with Gasteiger partial charge in [0.15, 0.2) is 0 Å². The van der Waals surface area contributed by atoms with Gasteiger partial charge in [0, 0.05) is 55.3 Å². The first-order valence-corrected chi connectivity index (χ1v) is 9.32. The second kappa shape index (κ2) is 6.04. The van der Waals surface area contributed by atoms with E-state index in [2.05, 4.69) is 20.9 Å². The van der Waals surface area contributed by atoms with E-state index in [4.69, 9.17) is 4.42 Å². The number of nitrogens with zero attached hydrogens (tertiary/aromatic N) is 1. The Labute approximate surface area is 146 Å². The molecule has 0 unspecified atom stereocenters. The van der Waals surface area contributed by atoms with Crippen LogP contribution in [0.4, 0.5) is 5.69 Å². The van der Waals surface area contributed by atoms with Gasteiger partial charge in [-0.15, -0.1) is 0 Å². The largest absolute Gasteiger partial charge is 0.462 e. The molecule has 0 saturated carbocycles. The quantitative estimate of drug-likeness (QED) is 0.789. The third kappa shape index (κ3) is 2.69. The molecule has 1 aromatic heterocycles. The van der Waals surface area contributed by atoms with Crippen LogP contribution in [0.25, 0.3) is 11.0 Å². The second-order valence-electron chi connectivity index (χ2n) is 7.43. The summed E-state index contributed by atoms with van der Waals surface area (Å²) in [5.41, 5.74) is 2.65. The first-order chi connectivity index (χ1) is 12.3. The van der Waals surface area contributed by atoms with Gasteiger partial charge >= 0.3 is 0 Å². The summed E-state index contributed by atoms with van der Waals surface area (Å²) < 4.78 is 5.71. The lowest BCUT2D eigenvalue weighted by atomic mass is 9.95. The third-order valence-electron chi connectivity index (χ3n) is 5.89. The van der Waals surface area contributed by atoms with Crippen LogP contribution in [-0.2, 0) is 0 Å². The summed E-state index contributed by atoms with van der Waals surface area (Å²) in [5.74, 6) is 0.0220. The average molecular weight is 340 g/mol. The van der Waals surface area contributed by atoms with E-state index in [1.165, 1.54) is 12.8 Å². The predicted octanol–water partition coefficient (Wildman–Crippen LogP) is 1.47. The molecule has 0 radical (unpaired) electrons. The first kappa shape index (κ1) is 15.2. The van der Waals surface area contributed by atoms with Crippen molar-refractivity contribution >= 4 is 22.6 Å². The Kier molecular flexibility index (Phi) is 3.68. The zero-order chi connectivity index (χ0) is 16.8. The summed E-state index contributed by atoms with van der Waals surface area (Å²) in [4.78, 5) is 15.1. The zero-order valence-corrected chi connectivity index (χ0v) is 14.3. The lowest BCUT2D eigenvalue weighted by Gasteiger charge is -2.28. The molecule has 0 aliphatic carbocycles. The van der Waals surface area contributed by atoms with Crippen molar-refractivity contribution < 1.29 is 9.21 Å². The SMILES string of the molecule is O=C(N[C@@H]1C[C@H]2CC[C@@H]1N2)c1ccc2occ(N3CCNCC3)c2c1. The summed E-state index contributed by atoms with van der Waals surface area (Å²) in [5, 5.41) is 11.2. The summed E-state index contributed by atoms with van der Waals surface area (Å²) in [6.45, 7) is 3.87. The molecule has 3 aliphatic rings. The predicted molar refractivity (Wildman–Crippen MR) is 97.1 cm³/mol. The molecule has 3 aliphatic heterocycles. The first-order valence-electron chi connectivity index (χ1n) is 9.32. The number of nitrogens with one attached hydrogen (secondary N) is 3. The van der Waals surface area contributed by atoms with Gasteiger partial charge in [0.05, 0.1) is 5.69 Å². The molecule has 4 heterocycles. The van der Waals surface area contributed by atoms with Crippen molar-refractivity contribution in [3.05, 3.63) is 30.0 Å². The number of hydrogen-bond acceptors (Lipinski definition) is 5. The van der Waals surface area contributed by atoms with Crippen molar-refractivity contribution in [1.29, 1.82) is 0 Å². The number of amides is 1. The highest BCUT2D eigenvalue weighted by Crippen LogP contribution is 2.31. The molecule has 2 bridgehead atoms. The molecule has 6 heteroatoms. The minimum atomic E-state index is 0.0220. The molecule has 25 heavy (non-hydrogen) atoms. The van der Waals surface area contributed by atoms with Crippen molar-refractivity contribution in [2.24, 2.45) is 0 Å². The number of hydrogen-bond donors (Lipinski definition) is 3. The number of carbonyl (C=O) groups excluding carboxylic acids is 1. The molecule has 3 fully saturated rings. The normalized spacial score (nSPS) is 28.6. The third-order valence-corrected chi connectivity index (χ3v) is 5.89. The number of furan rings is 1. The summed E-state index contributed by atoms with van der Waals surface area (Å²) in [6.07, 6.45) is 5.28. The molecule has 1 amide bonds. The highest BCUT2D eigenvalue weighted by molar-refractivity contribution is 6.01.